The summed E-state index contributed by atoms with van der Waals surface area (Å²) in [6.07, 6.45) is 0. The lowest BCUT2D eigenvalue weighted by atomic mass is 9.64. The third kappa shape index (κ3) is 2.50. The zero-order valence-corrected chi connectivity index (χ0v) is 16.7. The monoisotopic (exact) mass is 361 g/mol. The Labute approximate surface area is 159 Å². The number of aliphatic imine (C=N–C) groups is 1. The average Bonchev–Trinajstić information content (AvgIpc) is 2.60. The number of nitrogens with zero attached hydrogens (tertiary/aromatic N) is 3. The summed E-state index contributed by atoms with van der Waals surface area (Å²) in [6.45, 7) is 13.1. The second-order valence-electron chi connectivity index (χ2n) is 8.50. The van der Waals surface area contributed by atoms with Crippen molar-refractivity contribution in [3.63, 3.8) is 0 Å². The summed E-state index contributed by atoms with van der Waals surface area (Å²) in [5.74, 6) is -0.356. The van der Waals surface area contributed by atoms with Crippen molar-refractivity contribution < 1.29 is 4.39 Å². The molecule has 0 radical (unpaired) electrons. The van der Waals surface area contributed by atoms with Crippen LogP contribution in [0.2, 0.25) is 0 Å². The maximum Gasteiger partial charge on any atom is 0.151 e. The highest BCUT2D eigenvalue weighted by atomic mass is 19.1. The number of aromatic nitrogens is 2. The van der Waals surface area contributed by atoms with Crippen molar-refractivity contribution in [1.82, 2.24) is 10.2 Å². The van der Waals surface area contributed by atoms with Gasteiger partial charge in [0.05, 0.1) is 11.3 Å². The lowest BCUT2D eigenvalue weighted by Gasteiger charge is -2.45. The molecular formula is C23H24FN3. The van der Waals surface area contributed by atoms with Crippen LogP contribution in [0.1, 0.15) is 55.6 Å². The standard InChI is InChI=1S/C23H24FN3/c1-13-10-11-14(2)19-18(13)21(25-23(5,6)22(19,3)4)17-12-15-8-7-9-16(24)20(15)27-26-17/h7-12H,1-6H3. The number of hydrogen-bond acceptors (Lipinski definition) is 3. The van der Waals surface area contributed by atoms with Crippen molar-refractivity contribution in [3.8, 4) is 0 Å². The van der Waals surface area contributed by atoms with E-state index in [0.29, 0.717) is 11.2 Å². The largest absolute Gasteiger partial charge is 0.275 e. The molecule has 0 saturated heterocycles. The van der Waals surface area contributed by atoms with Crippen LogP contribution in [0.5, 0.6) is 0 Å². The Morgan fingerprint density at radius 1 is 0.889 bits per heavy atom. The Bertz CT molecular complexity index is 1110. The lowest BCUT2D eigenvalue weighted by Crippen LogP contribution is -2.47. The molecule has 0 unspecified atom stereocenters. The van der Waals surface area contributed by atoms with Gasteiger partial charge in [-0.3, -0.25) is 4.99 Å². The summed E-state index contributed by atoms with van der Waals surface area (Å²) in [7, 11) is 0. The van der Waals surface area contributed by atoms with Crippen LogP contribution in [0.25, 0.3) is 10.9 Å². The fraction of sp³-hybridized carbons (Fsp3) is 0.348. The molecular weight excluding hydrogens is 337 g/mol. The van der Waals surface area contributed by atoms with E-state index >= 15 is 0 Å². The summed E-state index contributed by atoms with van der Waals surface area (Å²) in [5, 5.41) is 9.25. The fourth-order valence-corrected chi connectivity index (χ4v) is 4.04. The molecule has 0 aliphatic carbocycles. The molecule has 0 atom stereocenters. The van der Waals surface area contributed by atoms with Crippen molar-refractivity contribution in [2.75, 3.05) is 0 Å². The van der Waals surface area contributed by atoms with Crippen molar-refractivity contribution in [2.24, 2.45) is 4.99 Å². The summed E-state index contributed by atoms with van der Waals surface area (Å²) in [5.41, 5.74) is 6.23. The van der Waals surface area contributed by atoms with E-state index in [1.165, 1.54) is 22.8 Å². The number of benzene rings is 2. The molecule has 4 heteroatoms. The number of fused-ring (bicyclic) bond motifs is 2. The van der Waals surface area contributed by atoms with Crippen molar-refractivity contribution >= 4 is 16.6 Å². The molecule has 3 aromatic rings. The Hall–Kier alpha value is -2.62. The predicted molar refractivity (Wildman–Crippen MR) is 108 cm³/mol. The van der Waals surface area contributed by atoms with E-state index < -0.39 is 0 Å². The van der Waals surface area contributed by atoms with Gasteiger partial charge in [0.2, 0.25) is 0 Å². The molecule has 0 saturated carbocycles. The van der Waals surface area contributed by atoms with Gasteiger partial charge >= 0.3 is 0 Å². The minimum Gasteiger partial charge on any atom is -0.275 e. The van der Waals surface area contributed by atoms with Gasteiger partial charge in [-0.1, -0.05) is 38.1 Å². The highest BCUT2D eigenvalue weighted by Gasteiger charge is 2.45. The first-order chi connectivity index (χ1) is 12.6. The van der Waals surface area contributed by atoms with E-state index in [1.54, 1.807) is 6.07 Å². The zero-order valence-electron chi connectivity index (χ0n) is 16.7. The van der Waals surface area contributed by atoms with E-state index in [9.17, 15) is 4.39 Å². The van der Waals surface area contributed by atoms with Gasteiger partial charge in [0.1, 0.15) is 11.2 Å². The summed E-state index contributed by atoms with van der Waals surface area (Å²) >= 11 is 0. The van der Waals surface area contributed by atoms with E-state index in [4.69, 9.17) is 4.99 Å². The lowest BCUT2D eigenvalue weighted by molar-refractivity contribution is 0.302. The molecule has 0 bridgehead atoms. The van der Waals surface area contributed by atoms with Crippen LogP contribution in [0.15, 0.2) is 41.4 Å². The first-order valence-corrected chi connectivity index (χ1v) is 9.27. The predicted octanol–water partition coefficient (Wildman–Crippen LogP) is 5.29. The molecule has 4 rings (SSSR count). The molecule has 1 aliphatic rings. The molecule has 0 fully saturated rings. The van der Waals surface area contributed by atoms with Gasteiger partial charge in [0.25, 0.3) is 0 Å². The first kappa shape index (κ1) is 17.8. The molecule has 1 aliphatic heterocycles. The Balaban J connectivity index is 2.04. The van der Waals surface area contributed by atoms with E-state index in [0.717, 1.165) is 16.7 Å². The second kappa shape index (κ2) is 5.69. The van der Waals surface area contributed by atoms with Crippen molar-refractivity contribution in [2.45, 2.75) is 52.5 Å². The van der Waals surface area contributed by atoms with Gasteiger partial charge in [-0.25, -0.2) is 4.39 Å². The number of hydrogen-bond donors (Lipinski definition) is 0. The Kier molecular flexibility index (Phi) is 3.74. The number of aryl methyl sites for hydroxylation is 2. The van der Waals surface area contributed by atoms with Gasteiger partial charge in [-0.05, 0) is 56.5 Å². The summed E-state index contributed by atoms with van der Waals surface area (Å²) < 4.78 is 14.0. The van der Waals surface area contributed by atoms with E-state index in [-0.39, 0.29) is 16.8 Å². The highest BCUT2D eigenvalue weighted by Crippen LogP contribution is 2.46. The van der Waals surface area contributed by atoms with Crippen LogP contribution >= 0.6 is 0 Å². The van der Waals surface area contributed by atoms with Gasteiger partial charge in [-0.15, -0.1) is 10.2 Å². The van der Waals surface area contributed by atoms with Gasteiger partial charge < -0.3 is 0 Å². The number of halogens is 1. The third-order valence-electron chi connectivity index (χ3n) is 6.22. The topological polar surface area (TPSA) is 38.1 Å². The second-order valence-corrected chi connectivity index (χ2v) is 8.50. The molecule has 2 aromatic carbocycles. The van der Waals surface area contributed by atoms with E-state index in [2.05, 4.69) is 63.9 Å². The van der Waals surface area contributed by atoms with Crippen LogP contribution in [-0.4, -0.2) is 21.4 Å². The van der Waals surface area contributed by atoms with Crippen LogP contribution < -0.4 is 0 Å². The summed E-state index contributed by atoms with van der Waals surface area (Å²) in [4.78, 5) is 5.13. The maximum absolute atomic E-state index is 14.0. The molecule has 0 spiro atoms. The average molecular weight is 361 g/mol. The first-order valence-electron chi connectivity index (χ1n) is 9.27. The quantitative estimate of drug-likeness (QED) is 0.590. The van der Waals surface area contributed by atoms with E-state index in [1.807, 2.05) is 12.1 Å². The van der Waals surface area contributed by atoms with Crippen LogP contribution in [0.3, 0.4) is 0 Å². The molecule has 2 heterocycles. The minimum atomic E-state index is -0.356. The molecule has 138 valence electrons. The van der Waals surface area contributed by atoms with Crippen LogP contribution in [0, 0.1) is 19.7 Å². The maximum atomic E-state index is 14.0. The van der Waals surface area contributed by atoms with Crippen LogP contribution in [0.4, 0.5) is 4.39 Å². The molecule has 3 nitrogen and oxygen atoms in total. The SMILES string of the molecule is Cc1ccc(C)c2c1C(c1cc3cccc(F)c3nn1)=NC(C)(C)C2(C)C. The number of rotatable bonds is 1. The minimum absolute atomic E-state index is 0.127. The summed E-state index contributed by atoms with van der Waals surface area (Å²) in [6, 6.07) is 11.2. The molecule has 27 heavy (non-hydrogen) atoms. The molecule has 0 N–H and O–H groups in total. The molecule has 1 aromatic heterocycles. The van der Waals surface area contributed by atoms with Crippen LogP contribution in [-0.2, 0) is 5.41 Å². The van der Waals surface area contributed by atoms with Gasteiger partial charge in [-0.2, -0.15) is 0 Å². The van der Waals surface area contributed by atoms with Crippen molar-refractivity contribution in [3.05, 3.63) is 70.2 Å². The third-order valence-corrected chi connectivity index (χ3v) is 6.22. The Morgan fingerprint density at radius 2 is 1.59 bits per heavy atom. The van der Waals surface area contributed by atoms with Gasteiger partial charge in [0, 0.05) is 16.4 Å². The Morgan fingerprint density at radius 3 is 2.33 bits per heavy atom. The van der Waals surface area contributed by atoms with Crippen molar-refractivity contribution in [1.29, 1.82) is 0 Å². The normalized spacial score (nSPS) is 17.5. The smallest absolute Gasteiger partial charge is 0.151 e. The molecule has 0 amide bonds. The highest BCUT2D eigenvalue weighted by molar-refractivity contribution is 6.15. The van der Waals surface area contributed by atoms with Gasteiger partial charge in [0.15, 0.2) is 5.82 Å². The fourth-order valence-electron chi connectivity index (χ4n) is 4.04. The zero-order chi connectivity index (χ0) is 19.6.